The Morgan fingerprint density at radius 2 is 0.797 bits per heavy atom. The fourth-order valence-electron chi connectivity index (χ4n) is 9.18. The van der Waals surface area contributed by atoms with E-state index in [0.717, 1.165) is 38.5 Å². The van der Waals surface area contributed by atoms with Crippen molar-refractivity contribution >= 4 is 13.7 Å². The van der Waals surface area contributed by atoms with Gasteiger partial charge in [0.25, 0.3) is 0 Å². The lowest BCUT2D eigenvalue weighted by molar-refractivity contribution is -0.870. The van der Waals surface area contributed by atoms with E-state index in [0.29, 0.717) is 17.4 Å². The van der Waals surface area contributed by atoms with Gasteiger partial charge < -0.3 is 19.8 Å². The second-order valence-electron chi connectivity index (χ2n) is 22.1. The first-order chi connectivity index (χ1) is 33.5. The zero-order valence-corrected chi connectivity index (χ0v) is 47.7. The molecule has 0 saturated carbocycles. The van der Waals surface area contributed by atoms with Crippen LogP contribution in [0.15, 0.2) is 24.3 Å². The summed E-state index contributed by atoms with van der Waals surface area (Å²) in [5, 5.41) is 13.9. The molecule has 0 radical (unpaired) electrons. The predicted molar refractivity (Wildman–Crippen MR) is 300 cm³/mol. The van der Waals surface area contributed by atoms with Gasteiger partial charge in [-0.2, -0.15) is 0 Å². The maximum absolute atomic E-state index is 13.0. The number of phosphoric acid groups is 1. The SMILES string of the molecule is CCCCCCCCCCCCCCCCCCC/C=C/CC/C=C/C(O)C(COP(=O)(O)OCC[N+](C)(C)C)NC(=O)CCCCCCCCCCCCCCCCCCCCCCCCCC. The molecular formula is C60H120N2O6P+. The van der Waals surface area contributed by atoms with E-state index in [9.17, 15) is 19.4 Å². The van der Waals surface area contributed by atoms with Crippen molar-refractivity contribution in [3.05, 3.63) is 24.3 Å². The van der Waals surface area contributed by atoms with Gasteiger partial charge in [0.1, 0.15) is 13.2 Å². The Kier molecular flexibility index (Phi) is 51.1. The Morgan fingerprint density at radius 1 is 0.478 bits per heavy atom. The highest BCUT2D eigenvalue weighted by Crippen LogP contribution is 2.43. The number of carbonyl (C=O) groups excluding carboxylic acids is 1. The molecule has 0 aliphatic rings. The molecule has 9 heteroatoms. The summed E-state index contributed by atoms with van der Waals surface area (Å²) in [6.45, 7) is 4.85. The molecule has 0 aliphatic heterocycles. The lowest BCUT2D eigenvalue weighted by Gasteiger charge is -2.25. The molecule has 3 atom stereocenters. The minimum Gasteiger partial charge on any atom is -0.387 e. The van der Waals surface area contributed by atoms with Gasteiger partial charge in [-0.05, 0) is 32.1 Å². The van der Waals surface area contributed by atoms with Crippen LogP contribution in [0.4, 0.5) is 0 Å². The number of phosphoric ester groups is 1. The molecule has 69 heavy (non-hydrogen) atoms. The van der Waals surface area contributed by atoms with Gasteiger partial charge in [0.2, 0.25) is 5.91 Å². The molecule has 0 aromatic carbocycles. The minimum atomic E-state index is -4.35. The van der Waals surface area contributed by atoms with E-state index in [1.807, 2.05) is 27.2 Å². The second-order valence-corrected chi connectivity index (χ2v) is 23.5. The summed E-state index contributed by atoms with van der Waals surface area (Å²) in [7, 11) is 1.57. The van der Waals surface area contributed by atoms with E-state index in [4.69, 9.17) is 9.05 Å². The number of aliphatic hydroxyl groups is 1. The number of nitrogens with one attached hydrogen (secondary N) is 1. The Balaban J connectivity index is 4.19. The lowest BCUT2D eigenvalue weighted by atomic mass is 10.0. The quantitative estimate of drug-likeness (QED) is 0.0243. The molecule has 0 fully saturated rings. The number of unbranched alkanes of at least 4 members (excludes halogenated alkanes) is 41. The molecule has 0 spiro atoms. The normalized spacial score (nSPS) is 14.0. The Hall–Kier alpha value is -1.02. The zero-order chi connectivity index (χ0) is 50.6. The molecule has 8 nitrogen and oxygen atoms in total. The van der Waals surface area contributed by atoms with Gasteiger partial charge in [-0.1, -0.05) is 289 Å². The van der Waals surface area contributed by atoms with Crippen LogP contribution in [0.25, 0.3) is 0 Å². The molecule has 0 bridgehead atoms. The highest BCUT2D eigenvalue weighted by atomic mass is 31.2. The van der Waals surface area contributed by atoms with Crippen LogP contribution in [0.5, 0.6) is 0 Å². The highest BCUT2D eigenvalue weighted by molar-refractivity contribution is 7.47. The van der Waals surface area contributed by atoms with Gasteiger partial charge in [0.05, 0.1) is 39.9 Å². The van der Waals surface area contributed by atoms with Crippen LogP contribution < -0.4 is 5.32 Å². The molecule has 3 N–H and O–H groups in total. The topological polar surface area (TPSA) is 105 Å². The third-order valence-electron chi connectivity index (χ3n) is 13.9. The van der Waals surface area contributed by atoms with Crippen molar-refractivity contribution in [1.29, 1.82) is 0 Å². The molecule has 0 aliphatic carbocycles. The lowest BCUT2D eigenvalue weighted by Crippen LogP contribution is -2.45. The third kappa shape index (κ3) is 54.6. The summed E-state index contributed by atoms with van der Waals surface area (Å²) in [5.74, 6) is -0.180. The van der Waals surface area contributed by atoms with Gasteiger partial charge in [-0.15, -0.1) is 0 Å². The van der Waals surface area contributed by atoms with Gasteiger partial charge in [0.15, 0.2) is 0 Å². The first kappa shape index (κ1) is 68.0. The highest BCUT2D eigenvalue weighted by Gasteiger charge is 2.27. The monoisotopic (exact) mass is 996 g/mol. The van der Waals surface area contributed by atoms with Crippen LogP contribution in [0.1, 0.15) is 303 Å². The molecule has 410 valence electrons. The molecule has 3 unspecified atom stereocenters. The first-order valence-electron chi connectivity index (χ1n) is 30.2. The zero-order valence-electron chi connectivity index (χ0n) is 46.8. The van der Waals surface area contributed by atoms with Crippen LogP contribution in [0, 0.1) is 0 Å². The summed E-state index contributed by atoms with van der Waals surface area (Å²) in [6.07, 6.45) is 65.8. The number of carbonyl (C=O) groups is 1. The number of quaternary nitrogens is 1. The summed E-state index contributed by atoms with van der Waals surface area (Å²) >= 11 is 0. The molecular weight excluding hydrogens is 876 g/mol. The standard InChI is InChI=1S/C60H119N2O6P/c1-6-8-10-12-14-16-18-20-22-24-26-28-30-32-34-36-38-40-42-44-46-48-50-52-54-60(64)61-58(57-68-69(65,66)67-56-55-62(3,4)5)59(63)53-51-49-47-45-43-41-39-37-35-33-31-29-27-25-23-21-19-17-15-13-11-9-7-2/h43,45,51,53,58-59,63H,6-42,44,46-50,52,54-57H2,1-5H3,(H-,61,64,65,66)/p+1/b45-43+,53-51+. The average molecular weight is 997 g/mol. The summed E-state index contributed by atoms with van der Waals surface area (Å²) in [6, 6.07) is -0.860. The van der Waals surface area contributed by atoms with E-state index in [-0.39, 0.29) is 19.1 Å². The fourth-order valence-corrected chi connectivity index (χ4v) is 9.92. The van der Waals surface area contributed by atoms with Gasteiger partial charge >= 0.3 is 7.82 Å². The van der Waals surface area contributed by atoms with E-state index < -0.39 is 20.0 Å². The van der Waals surface area contributed by atoms with Crippen LogP contribution in [0.3, 0.4) is 0 Å². The maximum Gasteiger partial charge on any atom is 0.472 e. The third-order valence-corrected chi connectivity index (χ3v) is 14.9. The van der Waals surface area contributed by atoms with E-state index >= 15 is 0 Å². The van der Waals surface area contributed by atoms with Gasteiger partial charge in [0, 0.05) is 6.42 Å². The van der Waals surface area contributed by atoms with E-state index in [1.54, 1.807) is 6.08 Å². The number of rotatable bonds is 56. The van der Waals surface area contributed by atoms with Crippen LogP contribution in [-0.2, 0) is 18.4 Å². The number of likely N-dealkylation sites (N-methyl/N-ethyl adjacent to an activating group) is 1. The van der Waals surface area contributed by atoms with Gasteiger partial charge in [-0.3, -0.25) is 13.8 Å². The van der Waals surface area contributed by atoms with Crippen molar-refractivity contribution in [2.75, 3.05) is 40.9 Å². The van der Waals surface area contributed by atoms with Crippen molar-refractivity contribution in [1.82, 2.24) is 5.32 Å². The van der Waals surface area contributed by atoms with Crippen molar-refractivity contribution in [2.45, 2.75) is 315 Å². The van der Waals surface area contributed by atoms with Crippen LogP contribution in [-0.4, -0.2) is 73.4 Å². The smallest absolute Gasteiger partial charge is 0.387 e. The molecule has 1 amide bonds. The number of allylic oxidation sites excluding steroid dienone is 3. The van der Waals surface area contributed by atoms with Gasteiger partial charge in [-0.25, -0.2) is 4.57 Å². The fraction of sp³-hybridized carbons (Fsp3) is 0.917. The summed E-state index contributed by atoms with van der Waals surface area (Å²) < 4.78 is 23.7. The average Bonchev–Trinajstić information content (AvgIpc) is 3.31. The summed E-state index contributed by atoms with van der Waals surface area (Å²) in [4.78, 5) is 23.3. The first-order valence-corrected chi connectivity index (χ1v) is 31.7. The Bertz CT molecular complexity index is 1170. The summed E-state index contributed by atoms with van der Waals surface area (Å²) in [5.41, 5.74) is 0. The number of aliphatic hydroxyl groups excluding tert-OH is 1. The minimum absolute atomic E-state index is 0.0589. The van der Waals surface area contributed by atoms with Crippen LogP contribution in [0.2, 0.25) is 0 Å². The van der Waals surface area contributed by atoms with Crippen molar-refractivity contribution in [3.63, 3.8) is 0 Å². The van der Waals surface area contributed by atoms with Crippen LogP contribution >= 0.6 is 7.82 Å². The molecule has 0 saturated heterocycles. The molecule has 0 aromatic rings. The van der Waals surface area contributed by atoms with E-state index in [2.05, 4.69) is 31.3 Å². The Morgan fingerprint density at radius 3 is 1.16 bits per heavy atom. The molecule has 0 aromatic heterocycles. The predicted octanol–water partition coefficient (Wildman–Crippen LogP) is 18.4. The molecule has 0 rings (SSSR count). The number of hydrogen-bond donors (Lipinski definition) is 3. The number of amides is 1. The number of hydrogen-bond acceptors (Lipinski definition) is 5. The van der Waals surface area contributed by atoms with Crippen molar-refractivity contribution in [3.8, 4) is 0 Å². The molecule has 0 heterocycles. The number of nitrogens with zero attached hydrogens (tertiary/aromatic N) is 1. The van der Waals surface area contributed by atoms with Crippen molar-refractivity contribution < 1.29 is 32.9 Å². The van der Waals surface area contributed by atoms with Crippen molar-refractivity contribution in [2.24, 2.45) is 0 Å². The van der Waals surface area contributed by atoms with E-state index in [1.165, 1.54) is 244 Å². The Labute approximate surface area is 430 Å². The largest absolute Gasteiger partial charge is 0.472 e. The maximum atomic E-state index is 13.0. The second kappa shape index (κ2) is 51.9.